The summed E-state index contributed by atoms with van der Waals surface area (Å²) in [4.78, 5) is 25.8. The Balaban J connectivity index is 2.60. The second kappa shape index (κ2) is 5.00. The summed E-state index contributed by atoms with van der Waals surface area (Å²) in [5, 5.41) is 2.71. The highest BCUT2D eigenvalue weighted by atomic mass is 79.9. The molecule has 0 saturated carbocycles. The molecule has 20 heavy (non-hydrogen) atoms. The molecule has 4 nitrogen and oxygen atoms in total. The molecule has 1 atom stereocenters. The fraction of sp³-hybridized carbons (Fsp3) is 0.385. The van der Waals surface area contributed by atoms with Gasteiger partial charge < -0.3 is 5.32 Å². The first-order valence-electron chi connectivity index (χ1n) is 5.95. The van der Waals surface area contributed by atoms with E-state index in [1.807, 2.05) is 0 Å². The number of carbonyl (C=O) groups excluding carboxylic acids is 2. The first-order valence-corrected chi connectivity index (χ1v) is 7.12. The first kappa shape index (κ1) is 15.3. The lowest BCUT2D eigenvalue weighted by atomic mass is 9.96. The zero-order valence-corrected chi connectivity index (χ0v) is 13.5. The minimum absolute atomic E-state index is 0.0718. The molecular formula is C13H13BrClFN2O2. The lowest BCUT2D eigenvalue weighted by Crippen LogP contribution is -2.67. The fourth-order valence-corrected chi connectivity index (χ4v) is 3.15. The molecule has 1 heterocycles. The summed E-state index contributed by atoms with van der Waals surface area (Å²) in [6, 6.07) is 1.59. The SMILES string of the molecule is CC1C(=O)NC(C)(C)C(=O)N1c1c(Cl)cc(F)cc1Br. The molecule has 0 aliphatic carbocycles. The molecule has 1 aliphatic rings. The first-order chi connectivity index (χ1) is 9.15. The van der Waals surface area contributed by atoms with Crippen molar-refractivity contribution in [1.82, 2.24) is 5.32 Å². The van der Waals surface area contributed by atoms with E-state index in [0.29, 0.717) is 10.2 Å². The van der Waals surface area contributed by atoms with Crippen LogP contribution in [0.25, 0.3) is 0 Å². The van der Waals surface area contributed by atoms with Crippen molar-refractivity contribution in [3.05, 3.63) is 27.4 Å². The Morgan fingerprint density at radius 1 is 1.40 bits per heavy atom. The molecular weight excluding hydrogens is 351 g/mol. The Morgan fingerprint density at radius 2 is 2.00 bits per heavy atom. The maximum atomic E-state index is 13.3. The van der Waals surface area contributed by atoms with E-state index in [4.69, 9.17) is 11.6 Å². The summed E-state index contributed by atoms with van der Waals surface area (Å²) in [5.41, 5.74) is -0.741. The maximum Gasteiger partial charge on any atom is 0.252 e. The average Bonchev–Trinajstić information content (AvgIpc) is 2.29. The molecule has 1 aromatic carbocycles. The summed E-state index contributed by atoms with van der Waals surface area (Å²) < 4.78 is 13.6. The monoisotopic (exact) mass is 362 g/mol. The third-order valence-corrected chi connectivity index (χ3v) is 4.07. The number of nitrogens with one attached hydrogen (secondary N) is 1. The van der Waals surface area contributed by atoms with Crippen molar-refractivity contribution >= 4 is 45.0 Å². The van der Waals surface area contributed by atoms with E-state index >= 15 is 0 Å². The number of nitrogens with zero attached hydrogens (tertiary/aromatic N) is 1. The number of hydrogen-bond acceptors (Lipinski definition) is 2. The summed E-state index contributed by atoms with van der Waals surface area (Å²) in [7, 11) is 0. The predicted molar refractivity (Wildman–Crippen MR) is 78.3 cm³/mol. The van der Waals surface area contributed by atoms with Crippen LogP contribution in [0.5, 0.6) is 0 Å². The number of benzene rings is 1. The summed E-state index contributed by atoms with van der Waals surface area (Å²) in [6.45, 7) is 4.81. The minimum Gasteiger partial charge on any atom is -0.340 e. The van der Waals surface area contributed by atoms with E-state index in [2.05, 4.69) is 21.2 Å². The number of hydrogen-bond donors (Lipinski definition) is 1. The van der Waals surface area contributed by atoms with E-state index in [1.165, 1.54) is 11.0 Å². The molecule has 0 aromatic heterocycles. The zero-order valence-electron chi connectivity index (χ0n) is 11.1. The smallest absolute Gasteiger partial charge is 0.252 e. The lowest BCUT2D eigenvalue weighted by molar-refractivity contribution is -0.136. The highest BCUT2D eigenvalue weighted by molar-refractivity contribution is 9.10. The molecule has 2 amide bonds. The number of anilines is 1. The molecule has 0 radical (unpaired) electrons. The van der Waals surface area contributed by atoms with Crippen molar-refractivity contribution in [1.29, 1.82) is 0 Å². The number of halogens is 3. The van der Waals surface area contributed by atoms with Crippen molar-refractivity contribution in [2.24, 2.45) is 0 Å². The van der Waals surface area contributed by atoms with Gasteiger partial charge in [-0.15, -0.1) is 0 Å². The van der Waals surface area contributed by atoms with Crippen LogP contribution in [0, 0.1) is 5.82 Å². The van der Waals surface area contributed by atoms with E-state index in [0.717, 1.165) is 6.07 Å². The third kappa shape index (κ3) is 2.42. The molecule has 0 bridgehead atoms. The van der Waals surface area contributed by atoms with Crippen LogP contribution in [-0.4, -0.2) is 23.4 Å². The van der Waals surface area contributed by atoms with Gasteiger partial charge in [0.1, 0.15) is 17.4 Å². The third-order valence-electron chi connectivity index (χ3n) is 3.18. The number of piperazine rings is 1. The van der Waals surface area contributed by atoms with E-state index in [-0.39, 0.29) is 16.8 Å². The van der Waals surface area contributed by atoms with Crippen LogP contribution >= 0.6 is 27.5 Å². The van der Waals surface area contributed by atoms with E-state index < -0.39 is 17.4 Å². The van der Waals surface area contributed by atoms with Gasteiger partial charge in [0.05, 0.1) is 10.7 Å². The van der Waals surface area contributed by atoms with Crippen LogP contribution in [0.1, 0.15) is 20.8 Å². The summed E-state index contributed by atoms with van der Waals surface area (Å²) in [5.74, 6) is -1.12. The van der Waals surface area contributed by atoms with Gasteiger partial charge in [-0.05, 0) is 48.8 Å². The Labute approximate surface area is 129 Å². The van der Waals surface area contributed by atoms with Crippen LogP contribution in [0.2, 0.25) is 5.02 Å². The van der Waals surface area contributed by atoms with Crippen molar-refractivity contribution in [2.75, 3.05) is 4.90 Å². The van der Waals surface area contributed by atoms with Gasteiger partial charge in [0.25, 0.3) is 5.91 Å². The van der Waals surface area contributed by atoms with Gasteiger partial charge in [0.2, 0.25) is 5.91 Å². The van der Waals surface area contributed by atoms with Gasteiger partial charge in [-0.25, -0.2) is 4.39 Å². The van der Waals surface area contributed by atoms with Crippen molar-refractivity contribution < 1.29 is 14.0 Å². The molecule has 1 unspecified atom stereocenters. The van der Waals surface area contributed by atoms with Gasteiger partial charge in [0.15, 0.2) is 0 Å². The molecule has 1 aliphatic heterocycles. The fourth-order valence-electron chi connectivity index (χ4n) is 2.12. The van der Waals surface area contributed by atoms with Gasteiger partial charge in [-0.1, -0.05) is 11.6 Å². The summed E-state index contributed by atoms with van der Waals surface area (Å²) in [6.07, 6.45) is 0. The molecule has 1 aromatic rings. The quantitative estimate of drug-likeness (QED) is 0.834. The highest BCUT2D eigenvalue weighted by Gasteiger charge is 2.45. The van der Waals surface area contributed by atoms with Crippen molar-refractivity contribution in [3.63, 3.8) is 0 Å². The van der Waals surface area contributed by atoms with Crippen molar-refractivity contribution in [2.45, 2.75) is 32.4 Å². The van der Waals surface area contributed by atoms with Crippen LogP contribution in [0.3, 0.4) is 0 Å². The molecule has 1 saturated heterocycles. The topological polar surface area (TPSA) is 49.4 Å². The highest BCUT2D eigenvalue weighted by Crippen LogP contribution is 2.38. The van der Waals surface area contributed by atoms with E-state index in [1.54, 1.807) is 20.8 Å². The molecule has 0 spiro atoms. The maximum absolute atomic E-state index is 13.3. The van der Waals surface area contributed by atoms with Crippen LogP contribution in [0.4, 0.5) is 10.1 Å². The Kier molecular flexibility index (Phi) is 3.81. The zero-order chi connectivity index (χ0) is 15.2. The Bertz CT molecular complexity index is 583. The standard InChI is InChI=1S/C13H13BrClFN2O2/c1-6-11(19)17-13(2,3)12(20)18(6)10-8(14)4-7(16)5-9(10)15/h4-6H,1-3H3,(H,17,19). The average molecular weight is 364 g/mol. The van der Waals surface area contributed by atoms with Crippen LogP contribution in [0.15, 0.2) is 16.6 Å². The lowest BCUT2D eigenvalue weighted by Gasteiger charge is -2.42. The predicted octanol–water partition coefficient (Wildman–Crippen LogP) is 2.87. The number of amides is 2. The van der Waals surface area contributed by atoms with Gasteiger partial charge in [-0.3, -0.25) is 14.5 Å². The van der Waals surface area contributed by atoms with E-state index in [9.17, 15) is 14.0 Å². The number of carbonyl (C=O) groups is 2. The minimum atomic E-state index is -1.04. The molecule has 2 rings (SSSR count). The van der Waals surface area contributed by atoms with Gasteiger partial charge in [-0.2, -0.15) is 0 Å². The molecule has 108 valence electrons. The Hall–Kier alpha value is -1.14. The second-order valence-electron chi connectivity index (χ2n) is 5.18. The normalized spacial score (nSPS) is 21.9. The van der Waals surface area contributed by atoms with Gasteiger partial charge in [0, 0.05) is 4.47 Å². The summed E-state index contributed by atoms with van der Waals surface area (Å²) >= 11 is 9.24. The largest absolute Gasteiger partial charge is 0.340 e. The molecule has 1 N–H and O–H groups in total. The second-order valence-corrected chi connectivity index (χ2v) is 6.44. The molecule has 7 heteroatoms. The van der Waals surface area contributed by atoms with Crippen molar-refractivity contribution in [3.8, 4) is 0 Å². The number of rotatable bonds is 1. The molecule has 1 fully saturated rings. The van der Waals surface area contributed by atoms with Gasteiger partial charge >= 0.3 is 0 Å². The van der Waals surface area contributed by atoms with Crippen LogP contribution in [-0.2, 0) is 9.59 Å². The van der Waals surface area contributed by atoms with Crippen LogP contribution < -0.4 is 10.2 Å². The Morgan fingerprint density at radius 3 is 2.55 bits per heavy atom.